The predicted octanol–water partition coefficient (Wildman–Crippen LogP) is 2.56. The first-order valence-corrected chi connectivity index (χ1v) is 8.32. The number of ether oxygens (including phenoxy) is 1. The smallest absolute Gasteiger partial charge is 0.209 e. The summed E-state index contributed by atoms with van der Waals surface area (Å²) in [5.74, 6) is -0.0877. The quantitative estimate of drug-likeness (QED) is 0.802. The van der Waals surface area contributed by atoms with E-state index in [4.69, 9.17) is 21.5 Å². The summed E-state index contributed by atoms with van der Waals surface area (Å²) in [6.45, 7) is 2.81. The molecular weight excluding hydrogens is 286 g/mol. The standard InChI is InChI=1S/C13H20ClNO3S/c1-2-4-12(10-19(15,16)17)9-18-8-11-5-3-6-13(14)7-11/h3,5-7,12H,2,4,8-10H2,1H3,(H2,15,16,17). The van der Waals surface area contributed by atoms with Gasteiger partial charge in [-0.15, -0.1) is 0 Å². The fourth-order valence-electron chi connectivity index (χ4n) is 1.92. The minimum absolute atomic E-state index is 0.0314. The lowest BCUT2D eigenvalue weighted by Gasteiger charge is -2.15. The molecule has 4 nitrogen and oxygen atoms in total. The Morgan fingerprint density at radius 1 is 1.42 bits per heavy atom. The van der Waals surface area contributed by atoms with Crippen molar-refractivity contribution in [1.29, 1.82) is 0 Å². The molecule has 2 N–H and O–H groups in total. The van der Waals surface area contributed by atoms with Gasteiger partial charge in [-0.2, -0.15) is 0 Å². The molecule has 6 heteroatoms. The SMILES string of the molecule is CCCC(COCc1cccc(Cl)c1)CS(N)(=O)=O. The van der Waals surface area contributed by atoms with Crippen molar-refractivity contribution in [3.63, 3.8) is 0 Å². The number of rotatable bonds is 8. The van der Waals surface area contributed by atoms with Crippen LogP contribution in [0.1, 0.15) is 25.3 Å². The highest BCUT2D eigenvalue weighted by Crippen LogP contribution is 2.13. The van der Waals surface area contributed by atoms with Crippen LogP contribution >= 0.6 is 11.6 Å². The fraction of sp³-hybridized carbons (Fsp3) is 0.538. The third-order valence-corrected chi connectivity index (χ3v) is 3.85. The molecule has 1 aromatic rings. The maximum absolute atomic E-state index is 11.1. The summed E-state index contributed by atoms with van der Waals surface area (Å²) >= 11 is 5.87. The number of halogens is 1. The molecule has 1 aromatic carbocycles. The zero-order valence-electron chi connectivity index (χ0n) is 11.0. The highest BCUT2D eigenvalue weighted by Gasteiger charge is 2.15. The number of sulfonamides is 1. The van der Waals surface area contributed by atoms with Gasteiger partial charge in [-0.25, -0.2) is 13.6 Å². The summed E-state index contributed by atoms with van der Waals surface area (Å²) < 4.78 is 27.8. The van der Waals surface area contributed by atoms with E-state index >= 15 is 0 Å². The minimum Gasteiger partial charge on any atom is -0.376 e. The van der Waals surface area contributed by atoms with Gasteiger partial charge in [0.15, 0.2) is 0 Å². The first-order chi connectivity index (χ1) is 8.90. The van der Waals surface area contributed by atoms with Crippen molar-refractivity contribution in [3.05, 3.63) is 34.9 Å². The van der Waals surface area contributed by atoms with Crippen LogP contribution in [-0.2, 0) is 21.4 Å². The number of primary sulfonamides is 1. The van der Waals surface area contributed by atoms with E-state index in [1.54, 1.807) is 6.07 Å². The second kappa shape index (κ2) is 7.85. The number of hydrogen-bond donors (Lipinski definition) is 1. The molecule has 0 spiro atoms. The van der Waals surface area contributed by atoms with E-state index in [2.05, 4.69) is 0 Å². The zero-order chi connectivity index (χ0) is 14.3. The maximum atomic E-state index is 11.1. The van der Waals surface area contributed by atoms with Crippen LogP contribution in [0.5, 0.6) is 0 Å². The molecule has 0 saturated carbocycles. The fourth-order valence-corrected chi connectivity index (χ4v) is 3.05. The van der Waals surface area contributed by atoms with E-state index in [0.29, 0.717) is 18.2 Å². The average Bonchev–Trinajstić information content (AvgIpc) is 2.27. The van der Waals surface area contributed by atoms with Gasteiger partial charge in [0, 0.05) is 5.02 Å². The Morgan fingerprint density at radius 3 is 2.74 bits per heavy atom. The van der Waals surface area contributed by atoms with Gasteiger partial charge in [-0.3, -0.25) is 0 Å². The van der Waals surface area contributed by atoms with Crippen LogP contribution in [-0.4, -0.2) is 20.8 Å². The van der Waals surface area contributed by atoms with Crippen LogP contribution in [0.3, 0.4) is 0 Å². The lowest BCUT2D eigenvalue weighted by Crippen LogP contribution is -2.26. The Bertz CT molecular complexity index is 490. The summed E-state index contributed by atoms with van der Waals surface area (Å²) in [5, 5.41) is 5.73. The second-order valence-corrected chi connectivity index (χ2v) is 6.72. The molecule has 1 rings (SSSR count). The lowest BCUT2D eigenvalue weighted by atomic mass is 10.1. The van der Waals surface area contributed by atoms with Gasteiger partial charge in [-0.1, -0.05) is 37.1 Å². The van der Waals surface area contributed by atoms with E-state index in [1.807, 2.05) is 25.1 Å². The summed E-state index contributed by atoms with van der Waals surface area (Å²) in [6.07, 6.45) is 1.69. The van der Waals surface area contributed by atoms with E-state index < -0.39 is 10.0 Å². The molecule has 0 heterocycles. The van der Waals surface area contributed by atoms with Crippen molar-refractivity contribution in [2.75, 3.05) is 12.4 Å². The van der Waals surface area contributed by atoms with Gasteiger partial charge in [0.2, 0.25) is 10.0 Å². The van der Waals surface area contributed by atoms with Crippen LogP contribution in [0.4, 0.5) is 0 Å². The number of nitrogens with two attached hydrogens (primary N) is 1. The summed E-state index contributed by atoms with van der Waals surface area (Å²) in [6, 6.07) is 7.40. The molecule has 0 aliphatic heterocycles. The Hall–Kier alpha value is -0.620. The molecule has 0 saturated heterocycles. The first-order valence-electron chi connectivity index (χ1n) is 6.23. The monoisotopic (exact) mass is 305 g/mol. The molecule has 0 bridgehead atoms. The topological polar surface area (TPSA) is 69.4 Å². The molecule has 19 heavy (non-hydrogen) atoms. The van der Waals surface area contributed by atoms with Crippen molar-refractivity contribution in [2.24, 2.45) is 11.1 Å². The van der Waals surface area contributed by atoms with Crippen molar-refractivity contribution >= 4 is 21.6 Å². The van der Waals surface area contributed by atoms with E-state index in [0.717, 1.165) is 18.4 Å². The third kappa shape index (κ3) is 7.52. The number of benzene rings is 1. The van der Waals surface area contributed by atoms with Gasteiger partial charge in [0.25, 0.3) is 0 Å². The Balaban J connectivity index is 2.44. The molecule has 0 aliphatic carbocycles. The van der Waals surface area contributed by atoms with Crippen molar-refractivity contribution < 1.29 is 13.2 Å². The molecule has 0 amide bonds. The Kier molecular flexibility index (Phi) is 6.79. The zero-order valence-corrected chi connectivity index (χ0v) is 12.6. The molecule has 0 aliphatic rings. The lowest BCUT2D eigenvalue weighted by molar-refractivity contribution is 0.0901. The van der Waals surface area contributed by atoms with Crippen LogP contribution in [0.2, 0.25) is 5.02 Å². The number of hydrogen-bond acceptors (Lipinski definition) is 3. The second-order valence-electron chi connectivity index (χ2n) is 4.63. The molecule has 1 unspecified atom stereocenters. The molecule has 0 radical (unpaired) electrons. The average molecular weight is 306 g/mol. The highest BCUT2D eigenvalue weighted by atomic mass is 35.5. The van der Waals surface area contributed by atoms with Gasteiger partial charge in [0.1, 0.15) is 0 Å². The molecular formula is C13H20ClNO3S. The Morgan fingerprint density at radius 2 is 2.16 bits per heavy atom. The third-order valence-electron chi connectivity index (χ3n) is 2.68. The molecule has 108 valence electrons. The van der Waals surface area contributed by atoms with Crippen LogP contribution in [0.15, 0.2) is 24.3 Å². The Labute approximate surface area is 120 Å². The van der Waals surface area contributed by atoms with Gasteiger partial charge < -0.3 is 4.74 Å². The van der Waals surface area contributed by atoms with E-state index in [9.17, 15) is 8.42 Å². The van der Waals surface area contributed by atoms with E-state index in [1.165, 1.54) is 0 Å². The normalized spacial score (nSPS) is 13.4. The first kappa shape index (κ1) is 16.4. The summed E-state index contributed by atoms with van der Waals surface area (Å²) in [4.78, 5) is 0. The van der Waals surface area contributed by atoms with Crippen LogP contribution < -0.4 is 5.14 Å². The van der Waals surface area contributed by atoms with Gasteiger partial charge >= 0.3 is 0 Å². The molecule has 1 atom stereocenters. The minimum atomic E-state index is -3.45. The van der Waals surface area contributed by atoms with Crippen LogP contribution in [0, 0.1) is 5.92 Å². The molecule has 0 fully saturated rings. The predicted molar refractivity (Wildman–Crippen MR) is 77.5 cm³/mol. The van der Waals surface area contributed by atoms with Crippen molar-refractivity contribution in [3.8, 4) is 0 Å². The maximum Gasteiger partial charge on any atom is 0.209 e. The van der Waals surface area contributed by atoms with Crippen LogP contribution in [0.25, 0.3) is 0 Å². The largest absolute Gasteiger partial charge is 0.376 e. The van der Waals surface area contributed by atoms with E-state index in [-0.39, 0.29) is 11.7 Å². The van der Waals surface area contributed by atoms with Gasteiger partial charge in [-0.05, 0) is 30.0 Å². The highest BCUT2D eigenvalue weighted by molar-refractivity contribution is 7.89. The van der Waals surface area contributed by atoms with Crippen molar-refractivity contribution in [2.45, 2.75) is 26.4 Å². The van der Waals surface area contributed by atoms with Crippen molar-refractivity contribution in [1.82, 2.24) is 0 Å². The summed E-state index contributed by atoms with van der Waals surface area (Å²) in [5.41, 5.74) is 0.971. The summed E-state index contributed by atoms with van der Waals surface area (Å²) in [7, 11) is -3.45. The molecule has 0 aromatic heterocycles. The van der Waals surface area contributed by atoms with Gasteiger partial charge in [0.05, 0.1) is 19.0 Å².